The van der Waals surface area contributed by atoms with Gasteiger partial charge in [0.1, 0.15) is 5.01 Å². The lowest BCUT2D eigenvalue weighted by molar-refractivity contribution is 0.0697. The first-order valence-corrected chi connectivity index (χ1v) is 7.23. The first kappa shape index (κ1) is 15.3. The number of benzene rings is 1. The molecule has 1 atom stereocenters. The van der Waals surface area contributed by atoms with Gasteiger partial charge in [-0.15, -0.1) is 11.3 Å². The van der Waals surface area contributed by atoms with Gasteiger partial charge < -0.3 is 15.7 Å². The van der Waals surface area contributed by atoms with E-state index in [4.69, 9.17) is 16.7 Å². The molecule has 0 radical (unpaired) electrons. The average Bonchev–Trinajstić information content (AvgIpc) is 2.94. The van der Waals surface area contributed by atoms with Crippen LogP contribution in [0.1, 0.15) is 28.3 Å². The lowest BCUT2D eigenvalue weighted by Gasteiger charge is -2.13. The monoisotopic (exact) mass is 325 g/mol. The van der Waals surface area contributed by atoms with Gasteiger partial charge >= 0.3 is 12.0 Å². The van der Waals surface area contributed by atoms with Crippen molar-refractivity contribution in [3.05, 3.63) is 45.4 Å². The molecule has 8 heteroatoms. The Morgan fingerprint density at radius 2 is 2.19 bits per heavy atom. The van der Waals surface area contributed by atoms with Crippen LogP contribution >= 0.6 is 22.9 Å². The van der Waals surface area contributed by atoms with Crippen LogP contribution in [-0.2, 0) is 0 Å². The molecule has 0 aliphatic heterocycles. The summed E-state index contributed by atoms with van der Waals surface area (Å²) in [5, 5.41) is 17.0. The molecule has 2 amide bonds. The van der Waals surface area contributed by atoms with Crippen LogP contribution in [0.2, 0.25) is 5.02 Å². The zero-order valence-electron chi connectivity index (χ0n) is 11.0. The van der Waals surface area contributed by atoms with E-state index in [9.17, 15) is 9.59 Å². The molecule has 0 fully saturated rings. The van der Waals surface area contributed by atoms with Gasteiger partial charge in [-0.2, -0.15) is 0 Å². The van der Waals surface area contributed by atoms with Crippen molar-refractivity contribution < 1.29 is 14.7 Å². The van der Waals surface area contributed by atoms with Crippen molar-refractivity contribution in [1.82, 2.24) is 10.3 Å². The lowest BCUT2D eigenvalue weighted by atomic mass is 10.2. The Hall–Kier alpha value is -2.12. The molecule has 0 spiro atoms. The number of hydrogen-bond donors (Lipinski definition) is 3. The van der Waals surface area contributed by atoms with Crippen LogP contribution in [0.3, 0.4) is 0 Å². The maximum atomic E-state index is 11.9. The molecule has 2 aromatic rings. The molecule has 1 heterocycles. The number of urea groups is 1. The summed E-state index contributed by atoms with van der Waals surface area (Å²) in [4.78, 5) is 26.9. The van der Waals surface area contributed by atoms with Gasteiger partial charge in [0.05, 0.1) is 16.6 Å². The molecule has 21 heavy (non-hydrogen) atoms. The van der Waals surface area contributed by atoms with Crippen LogP contribution in [0.25, 0.3) is 0 Å². The Morgan fingerprint density at radius 1 is 1.43 bits per heavy atom. The summed E-state index contributed by atoms with van der Waals surface area (Å²) in [6, 6.07) is 3.57. The number of nitrogens with zero attached hydrogens (tertiary/aromatic N) is 1. The van der Waals surface area contributed by atoms with Crippen LogP contribution < -0.4 is 10.6 Å². The maximum absolute atomic E-state index is 11.9. The topological polar surface area (TPSA) is 91.3 Å². The van der Waals surface area contributed by atoms with Gasteiger partial charge in [-0.05, 0) is 25.1 Å². The Bertz CT molecular complexity index is 661. The summed E-state index contributed by atoms with van der Waals surface area (Å²) in [5.74, 6) is -1.15. The third kappa shape index (κ3) is 3.93. The van der Waals surface area contributed by atoms with E-state index in [0.29, 0.717) is 5.69 Å². The van der Waals surface area contributed by atoms with Crippen LogP contribution in [0, 0.1) is 0 Å². The van der Waals surface area contributed by atoms with Crippen LogP contribution in [0.5, 0.6) is 0 Å². The van der Waals surface area contributed by atoms with Crippen molar-refractivity contribution in [3.63, 3.8) is 0 Å². The number of anilines is 1. The number of amides is 2. The van der Waals surface area contributed by atoms with Crippen LogP contribution in [0.15, 0.2) is 29.8 Å². The molecule has 110 valence electrons. The molecule has 2 rings (SSSR count). The van der Waals surface area contributed by atoms with Gasteiger partial charge in [0.15, 0.2) is 0 Å². The van der Waals surface area contributed by atoms with Crippen molar-refractivity contribution in [2.45, 2.75) is 13.0 Å². The minimum absolute atomic E-state index is 0.0672. The second kappa shape index (κ2) is 6.55. The highest BCUT2D eigenvalue weighted by molar-refractivity contribution is 7.09. The number of hydrogen-bond acceptors (Lipinski definition) is 4. The zero-order valence-corrected chi connectivity index (χ0v) is 12.5. The minimum atomic E-state index is -1.15. The van der Waals surface area contributed by atoms with Gasteiger partial charge in [-0.3, -0.25) is 0 Å². The number of nitrogens with one attached hydrogen (secondary N) is 2. The van der Waals surface area contributed by atoms with E-state index >= 15 is 0 Å². The Labute approximate surface area is 129 Å². The number of rotatable bonds is 4. The summed E-state index contributed by atoms with van der Waals surface area (Å²) in [5.41, 5.74) is 0.281. The van der Waals surface area contributed by atoms with Crippen molar-refractivity contribution in [3.8, 4) is 0 Å². The van der Waals surface area contributed by atoms with E-state index in [0.717, 1.165) is 5.01 Å². The second-order valence-electron chi connectivity index (χ2n) is 4.19. The molecule has 0 bridgehead atoms. The molecule has 1 unspecified atom stereocenters. The van der Waals surface area contributed by atoms with Gasteiger partial charge in [-0.1, -0.05) is 11.6 Å². The molecule has 1 aromatic heterocycles. The van der Waals surface area contributed by atoms with Gasteiger partial charge in [0.25, 0.3) is 0 Å². The smallest absolute Gasteiger partial charge is 0.337 e. The number of halogens is 1. The molecule has 0 saturated heterocycles. The first-order valence-electron chi connectivity index (χ1n) is 5.97. The number of carboxylic acids is 1. The van der Waals surface area contributed by atoms with E-state index in [-0.39, 0.29) is 16.6 Å². The fourth-order valence-electron chi connectivity index (χ4n) is 1.64. The van der Waals surface area contributed by atoms with E-state index < -0.39 is 12.0 Å². The average molecular weight is 326 g/mol. The number of carboxylic acid groups (broad SMARTS) is 1. The SMILES string of the molecule is CC(NC(=O)Nc1ccc(Cl)c(C(=O)O)c1)c1nccs1. The van der Waals surface area contributed by atoms with Crippen molar-refractivity contribution in [2.75, 3.05) is 5.32 Å². The van der Waals surface area contributed by atoms with Crippen molar-refractivity contribution >= 4 is 40.6 Å². The highest BCUT2D eigenvalue weighted by Gasteiger charge is 2.13. The van der Waals surface area contributed by atoms with Crippen LogP contribution in [0.4, 0.5) is 10.5 Å². The highest BCUT2D eigenvalue weighted by atomic mass is 35.5. The molecule has 3 N–H and O–H groups in total. The van der Waals surface area contributed by atoms with Crippen molar-refractivity contribution in [1.29, 1.82) is 0 Å². The third-order valence-electron chi connectivity index (χ3n) is 2.62. The second-order valence-corrected chi connectivity index (χ2v) is 5.52. The predicted octanol–water partition coefficient (Wildman–Crippen LogP) is 3.38. The Kier molecular flexibility index (Phi) is 4.77. The van der Waals surface area contributed by atoms with Crippen LogP contribution in [-0.4, -0.2) is 22.1 Å². The summed E-state index contributed by atoms with van der Waals surface area (Å²) >= 11 is 7.20. The molecule has 0 aliphatic rings. The third-order valence-corrected chi connectivity index (χ3v) is 3.91. The fourth-order valence-corrected chi connectivity index (χ4v) is 2.49. The van der Waals surface area contributed by atoms with E-state index in [1.165, 1.54) is 29.5 Å². The molecule has 1 aromatic carbocycles. The summed E-state index contributed by atoms with van der Waals surface area (Å²) in [7, 11) is 0. The normalized spacial score (nSPS) is 11.7. The minimum Gasteiger partial charge on any atom is -0.478 e. The molecular weight excluding hydrogens is 314 g/mol. The van der Waals surface area contributed by atoms with Gasteiger partial charge in [0.2, 0.25) is 0 Å². The molecule has 0 aliphatic carbocycles. The van der Waals surface area contributed by atoms with Gasteiger partial charge in [0, 0.05) is 17.3 Å². The number of carbonyl (C=O) groups is 2. The number of aromatic nitrogens is 1. The number of carbonyl (C=O) groups excluding carboxylic acids is 1. The summed E-state index contributed by atoms with van der Waals surface area (Å²) < 4.78 is 0. The standard InChI is InChI=1S/C13H12ClN3O3S/c1-7(11-15-4-5-21-11)16-13(20)17-8-2-3-10(14)9(6-8)12(18)19/h2-7H,1H3,(H,18,19)(H2,16,17,20). The van der Waals surface area contributed by atoms with Crippen molar-refractivity contribution in [2.24, 2.45) is 0 Å². The fraction of sp³-hybridized carbons (Fsp3) is 0.154. The molecule has 6 nitrogen and oxygen atoms in total. The number of aromatic carboxylic acids is 1. The highest BCUT2D eigenvalue weighted by Crippen LogP contribution is 2.21. The summed E-state index contributed by atoms with van der Waals surface area (Å²) in [6.07, 6.45) is 1.66. The maximum Gasteiger partial charge on any atom is 0.337 e. The molecule has 0 saturated carbocycles. The summed E-state index contributed by atoms with van der Waals surface area (Å²) in [6.45, 7) is 1.81. The zero-order chi connectivity index (χ0) is 15.4. The van der Waals surface area contributed by atoms with Gasteiger partial charge in [-0.25, -0.2) is 14.6 Å². The van der Waals surface area contributed by atoms with E-state index in [1.807, 2.05) is 12.3 Å². The Balaban J connectivity index is 2.03. The largest absolute Gasteiger partial charge is 0.478 e. The van der Waals surface area contributed by atoms with E-state index in [1.54, 1.807) is 6.20 Å². The molecular formula is C13H12ClN3O3S. The Morgan fingerprint density at radius 3 is 2.81 bits per heavy atom. The first-order chi connectivity index (χ1) is 9.97. The number of thiazole rings is 1. The predicted molar refractivity (Wildman–Crippen MR) is 81.1 cm³/mol. The lowest BCUT2D eigenvalue weighted by Crippen LogP contribution is -2.31. The quantitative estimate of drug-likeness (QED) is 0.803. The van der Waals surface area contributed by atoms with E-state index in [2.05, 4.69) is 15.6 Å².